The summed E-state index contributed by atoms with van der Waals surface area (Å²) in [5.41, 5.74) is 6.48. The van der Waals surface area contributed by atoms with Crippen LogP contribution in [0.25, 0.3) is 26.4 Å². The zero-order valence-electron chi connectivity index (χ0n) is 22.7. The van der Waals surface area contributed by atoms with E-state index < -0.39 is 41.5 Å². The Kier molecular flexibility index (Phi) is 8.97. The van der Waals surface area contributed by atoms with Gasteiger partial charge in [0.25, 0.3) is 20.2 Å². The maximum atomic E-state index is 11.9. The molecule has 5 aromatic rings. The maximum Gasteiger partial charge on any atom is 0.296 e. The highest BCUT2D eigenvalue weighted by Gasteiger charge is 2.22. The van der Waals surface area contributed by atoms with Gasteiger partial charge < -0.3 is 10.8 Å². The molecule has 0 radical (unpaired) electrons. The van der Waals surface area contributed by atoms with Crippen molar-refractivity contribution in [1.82, 2.24) is 0 Å². The molecule has 0 aliphatic carbocycles. The van der Waals surface area contributed by atoms with Crippen molar-refractivity contribution in [2.75, 3.05) is 5.73 Å². The molecule has 0 unspecified atom stereocenters. The highest BCUT2D eigenvalue weighted by atomic mass is 32.2. The van der Waals surface area contributed by atoms with E-state index in [0.29, 0.717) is 28.8 Å². The van der Waals surface area contributed by atoms with Gasteiger partial charge in [0.1, 0.15) is 10.6 Å². The summed E-state index contributed by atoms with van der Waals surface area (Å²) in [5, 5.41) is 40.6. The van der Waals surface area contributed by atoms with E-state index in [4.69, 9.17) is 17.6 Å². The van der Waals surface area contributed by atoms with Crippen molar-refractivity contribution in [2.45, 2.75) is 14.7 Å². The zero-order valence-corrected chi connectivity index (χ0v) is 25.2. The molecule has 0 spiro atoms. The molecule has 0 fully saturated rings. The van der Waals surface area contributed by atoms with Crippen molar-refractivity contribution < 1.29 is 45.7 Å². The molecular weight excluding hydrogens is 665 g/mol. The first kappa shape index (κ1) is 32.4. The molecule has 5 aromatic carbocycles. The van der Waals surface area contributed by atoms with Crippen LogP contribution in [-0.2, 0) is 29.6 Å². The van der Waals surface area contributed by atoms with Gasteiger partial charge in [-0.25, -0.2) is 10.1 Å². The lowest BCUT2D eigenvalue weighted by molar-refractivity contribution is -0.432. The molecular formula is C27H18N6O10S3. The van der Waals surface area contributed by atoms with Gasteiger partial charge in [-0.15, -0.1) is 19.7 Å². The molecule has 0 aliphatic rings. The normalized spacial score (nSPS) is 12.4. The lowest BCUT2D eigenvalue weighted by Gasteiger charge is -2.12. The van der Waals surface area contributed by atoms with Gasteiger partial charge in [-0.05, 0) is 54.6 Å². The van der Waals surface area contributed by atoms with Crippen LogP contribution in [0.15, 0.2) is 108 Å². The van der Waals surface area contributed by atoms with Crippen molar-refractivity contribution >= 4 is 87.9 Å². The Hall–Kier alpha value is -5.04. The van der Waals surface area contributed by atoms with E-state index >= 15 is 0 Å². The van der Waals surface area contributed by atoms with Crippen molar-refractivity contribution in [2.24, 2.45) is 20.5 Å². The molecule has 46 heavy (non-hydrogen) atoms. The number of nitrogens with zero attached hydrogens (tertiary/aromatic N) is 5. The van der Waals surface area contributed by atoms with E-state index in [9.17, 15) is 31.0 Å². The average molecular weight is 683 g/mol. The number of rotatable bonds is 9. The monoisotopic (exact) mass is 682 g/mol. The Bertz CT molecular complexity index is 2340. The Morgan fingerprint density at radius 2 is 1.41 bits per heavy atom. The summed E-state index contributed by atoms with van der Waals surface area (Å²) in [6.45, 7) is 7.06. The number of phenolic OH excluding ortho intramolecular Hbond substituents is 1. The number of benzene rings is 5. The lowest BCUT2D eigenvalue weighted by Crippen LogP contribution is -2.03. The van der Waals surface area contributed by atoms with Gasteiger partial charge in [0.05, 0.1) is 51.2 Å². The third kappa shape index (κ3) is 6.64. The van der Waals surface area contributed by atoms with Gasteiger partial charge in [-0.1, -0.05) is 23.2 Å². The van der Waals surface area contributed by atoms with Crippen LogP contribution in [0.2, 0.25) is 0 Å². The van der Waals surface area contributed by atoms with Crippen LogP contribution in [-0.4, -0.2) is 36.3 Å². The molecule has 0 aromatic heterocycles. The Morgan fingerprint density at radius 3 is 2.04 bits per heavy atom. The molecule has 0 saturated heterocycles. The topological polar surface area (TPSA) is 247 Å². The highest BCUT2D eigenvalue weighted by Crippen LogP contribution is 2.47. The van der Waals surface area contributed by atoms with Gasteiger partial charge in [0.15, 0.2) is 11.4 Å². The van der Waals surface area contributed by atoms with Crippen LogP contribution in [0.3, 0.4) is 0 Å². The largest absolute Gasteiger partial charge is 0.505 e. The Morgan fingerprint density at radius 1 is 0.761 bits per heavy atom. The van der Waals surface area contributed by atoms with Crippen LogP contribution in [0.5, 0.6) is 5.75 Å². The lowest BCUT2D eigenvalue weighted by atomic mass is 10.1. The van der Waals surface area contributed by atoms with Crippen molar-refractivity contribution in [3.63, 3.8) is 0 Å². The van der Waals surface area contributed by atoms with E-state index in [2.05, 4.69) is 34.7 Å². The summed E-state index contributed by atoms with van der Waals surface area (Å²) < 4.78 is 71.0. The first-order valence-corrected chi connectivity index (χ1v) is 16.0. The number of azo groups is 2. The summed E-state index contributed by atoms with van der Waals surface area (Å²) in [6, 6.07) is 16.3. The summed E-state index contributed by atoms with van der Waals surface area (Å²) in [7, 11) is -9.36. The number of nitrogens with two attached hydrogens (primary N) is 1. The molecule has 0 amide bonds. The van der Waals surface area contributed by atoms with E-state index in [-0.39, 0.29) is 38.1 Å². The summed E-state index contributed by atoms with van der Waals surface area (Å²) in [4.78, 5) is 2.15. The Balaban J connectivity index is 1.66. The number of phenols is 1. The number of hydrogen-bond donors (Lipinski definition) is 5. The fraction of sp³-hybridized carbons (Fsp3) is 0. The third-order valence-corrected chi connectivity index (χ3v) is 8.80. The summed E-state index contributed by atoms with van der Waals surface area (Å²) in [6.07, 6.45) is 0. The fourth-order valence-electron chi connectivity index (χ4n) is 4.30. The molecule has 0 atom stereocenters. The maximum absolute atomic E-state index is 11.9. The van der Waals surface area contributed by atoms with Gasteiger partial charge in [-0.2, -0.15) is 21.9 Å². The van der Waals surface area contributed by atoms with Gasteiger partial charge in [-0.3, -0.25) is 9.11 Å². The van der Waals surface area contributed by atoms with Crippen molar-refractivity contribution in [3.8, 4) is 5.75 Å². The second-order valence-electron chi connectivity index (χ2n) is 9.16. The van der Waals surface area contributed by atoms with Crippen LogP contribution in [0.1, 0.15) is 0 Å². The standard InChI is InChI=1S/C27H18N6O10S3/c1-29-14-2-4-15(5-3-14)30-31-21-9-10-22(19-12-16(45(36,37)38)6-7-17(19)21)32-33-26-23(44-43-42-35)13-20-18(27(26)34)8-11-24(25(20)28)46(39,40)41/h2-13,34-35H,28H2,(H,36,37,38)(H,39,40,41). The zero-order chi connectivity index (χ0) is 33.2. The van der Waals surface area contributed by atoms with Crippen LogP contribution < -0.4 is 5.73 Å². The van der Waals surface area contributed by atoms with E-state index in [1.165, 1.54) is 30.3 Å². The third-order valence-electron chi connectivity index (χ3n) is 6.42. The Labute approximate surface area is 263 Å². The van der Waals surface area contributed by atoms with E-state index in [1.54, 1.807) is 24.3 Å². The molecule has 16 nitrogen and oxygen atoms in total. The number of hydrogen-bond acceptors (Lipinski definition) is 14. The van der Waals surface area contributed by atoms with E-state index in [0.717, 1.165) is 18.2 Å². The number of fused-ring (bicyclic) bond motifs is 2. The number of anilines is 1. The predicted molar refractivity (Wildman–Crippen MR) is 165 cm³/mol. The second-order valence-corrected chi connectivity index (χ2v) is 12.7. The quantitative estimate of drug-likeness (QED) is 0.0192. The number of aromatic hydroxyl groups is 1. The average Bonchev–Trinajstić information content (AvgIpc) is 3.02. The van der Waals surface area contributed by atoms with Crippen molar-refractivity contribution in [3.05, 3.63) is 84.2 Å². The molecule has 234 valence electrons. The minimum Gasteiger partial charge on any atom is -0.505 e. The molecule has 19 heteroatoms. The first-order chi connectivity index (χ1) is 21.8. The van der Waals surface area contributed by atoms with Crippen LogP contribution >= 0.6 is 12.0 Å². The molecule has 0 saturated carbocycles. The highest BCUT2D eigenvalue weighted by molar-refractivity contribution is 7.94. The second kappa shape index (κ2) is 12.8. The van der Waals surface area contributed by atoms with Gasteiger partial charge in [0, 0.05) is 21.5 Å². The fourth-order valence-corrected chi connectivity index (χ4v) is 5.92. The predicted octanol–water partition coefficient (Wildman–Crippen LogP) is 7.58. The van der Waals surface area contributed by atoms with E-state index in [1.807, 2.05) is 0 Å². The first-order valence-electron chi connectivity index (χ1n) is 12.4. The minimum atomic E-state index is -4.72. The molecule has 5 rings (SSSR count). The SMILES string of the molecule is [C-]#[N+]c1ccc(N=Nc2ccc(N=Nc3c(SOOO)cc4c(N)c(S(=O)(=O)O)ccc4c3O)c3cc(S(=O)(=O)O)ccc23)cc1. The van der Waals surface area contributed by atoms with Gasteiger partial charge in [0.2, 0.25) is 0 Å². The summed E-state index contributed by atoms with van der Waals surface area (Å²) in [5.74, 6) is -0.559. The molecule has 0 heterocycles. The van der Waals surface area contributed by atoms with Gasteiger partial charge >= 0.3 is 0 Å². The number of nitrogen functional groups attached to an aromatic ring is 1. The van der Waals surface area contributed by atoms with Crippen molar-refractivity contribution in [1.29, 1.82) is 0 Å². The minimum absolute atomic E-state index is 0.00632. The molecule has 0 aliphatic heterocycles. The smallest absolute Gasteiger partial charge is 0.296 e. The molecule has 6 N–H and O–H groups in total. The summed E-state index contributed by atoms with van der Waals surface area (Å²) >= 11 is 0.342. The van der Waals surface area contributed by atoms with Crippen LogP contribution in [0, 0.1) is 6.57 Å². The van der Waals surface area contributed by atoms with Crippen LogP contribution in [0.4, 0.5) is 34.1 Å². The molecule has 0 bridgehead atoms.